The van der Waals surface area contributed by atoms with Crippen LogP contribution < -0.4 is 0 Å². The first-order valence-corrected chi connectivity index (χ1v) is 8.45. The van der Waals surface area contributed by atoms with Gasteiger partial charge >= 0.3 is 7.12 Å². The number of hydrogen-bond donors (Lipinski definition) is 0. The van der Waals surface area contributed by atoms with E-state index in [0.29, 0.717) is 11.8 Å². The Morgan fingerprint density at radius 1 is 0.947 bits per heavy atom. The van der Waals surface area contributed by atoms with Gasteiger partial charge in [0.2, 0.25) is 0 Å². The zero-order chi connectivity index (χ0) is 13.9. The lowest BCUT2D eigenvalue weighted by Gasteiger charge is -2.28. The molecule has 1 rings (SSSR count). The fraction of sp³-hybridized carbons (Fsp3) is 1.00. The van der Waals surface area contributed by atoms with Gasteiger partial charge in [0.25, 0.3) is 0 Å². The van der Waals surface area contributed by atoms with Gasteiger partial charge in [0.15, 0.2) is 0 Å². The normalized spacial score (nSPS) is 17.4. The van der Waals surface area contributed by atoms with Crippen LogP contribution in [0.5, 0.6) is 0 Å². The molecule has 0 aromatic carbocycles. The molecule has 0 atom stereocenters. The predicted octanol–water partition coefficient (Wildman–Crippen LogP) is 4.93. The summed E-state index contributed by atoms with van der Waals surface area (Å²) >= 11 is 0. The predicted molar refractivity (Wildman–Crippen MR) is 83.4 cm³/mol. The summed E-state index contributed by atoms with van der Waals surface area (Å²) in [5.41, 5.74) is 0. The third-order valence-corrected chi connectivity index (χ3v) is 3.92. The van der Waals surface area contributed by atoms with E-state index in [0.717, 1.165) is 19.5 Å². The molecule has 0 amide bonds. The summed E-state index contributed by atoms with van der Waals surface area (Å²) < 4.78 is 11.6. The minimum Gasteiger partial charge on any atom is -0.411 e. The van der Waals surface area contributed by atoms with E-state index in [-0.39, 0.29) is 7.12 Å². The van der Waals surface area contributed by atoms with E-state index in [9.17, 15) is 0 Å². The Hall–Kier alpha value is -0.0151. The molecular weight excluding hydrogens is 235 g/mol. The molecule has 0 aliphatic carbocycles. The quantitative estimate of drug-likeness (QED) is 0.413. The smallest absolute Gasteiger partial charge is 0.411 e. The van der Waals surface area contributed by atoms with Crippen molar-refractivity contribution in [2.75, 3.05) is 13.2 Å². The van der Waals surface area contributed by atoms with E-state index in [1.54, 1.807) is 0 Å². The van der Waals surface area contributed by atoms with Gasteiger partial charge in [-0.25, -0.2) is 0 Å². The summed E-state index contributed by atoms with van der Waals surface area (Å²) in [5, 5.41) is 0. The average molecular weight is 268 g/mol. The summed E-state index contributed by atoms with van der Waals surface area (Å²) in [6, 6.07) is 0. The lowest BCUT2D eigenvalue weighted by atomic mass is 9.77. The van der Waals surface area contributed by atoms with Crippen LogP contribution in [0.2, 0.25) is 6.32 Å². The Morgan fingerprint density at radius 3 is 2.11 bits per heavy atom. The molecule has 1 heterocycles. The molecule has 112 valence electrons. The molecule has 1 aliphatic heterocycles. The Morgan fingerprint density at radius 2 is 1.53 bits per heavy atom. The van der Waals surface area contributed by atoms with Crippen LogP contribution >= 0.6 is 0 Å². The number of hydrogen-bond acceptors (Lipinski definition) is 2. The van der Waals surface area contributed by atoms with Gasteiger partial charge < -0.3 is 9.31 Å². The molecule has 0 unspecified atom stereocenters. The van der Waals surface area contributed by atoms with Gasteiger partial charge in [-0.2, -0.15) is 0 Å². The van der Waals surface area contributed by atoms with Crippen LogP contribution in [-0.4, -0.2) is 20.3 Å². The highest BCUT2D eigenvalue weighted by Gasteiger charge is 2.27. The van der Waals surface area contributed by atoms with Crippen molar-refractivity contribution in [3.63, 3.8) is 0 Å². The summed E-state index contributed by atoms with van der Waals surface area (Å²) in [6.45, 7) is 8.53. The molecule has 0 aromatic rings. The van der Waals surface area contributed by atoms with Crippen LogP contribution in [0.25, 0.3) is 0 Å². The SMILES string of the molecule is CCCCCCCCCC1COB(CC(C)C)OC1. The van der Waals surface area contributed by atoms with Gasteiger partial charge in [-0.1, -0.05) is 65.7 Å². The lowest BCUT2D eigenvalue weighted by Crippen LogP contribution is -2.36. The standard InChI is InChI=1S/C16H33BO2/c1-4-5-6-7-8-9-10-11-16-13-18-17(19-14-16)12-15(2)3/h15-16H,4-14H2,1-3H3. The molecule has 0 aromatic heterocycles. The molecule has 0 spiro atoms. The highest BCUT2D eigenvalue weighted by atomic mass is 16.6. The van der Waals surface area contributed by atoms with Crippen molar-refractivity contribution >= 4 is 7.12 Å². The molecule has 0 saturated carbocycles. The van der Waals surface area contributed by atoms with E-state index >= 15 is 0 Å². The van der Waals surface area contributed by atoms with E-state index < -0.39 is 0 Å². The van der Waals surface area contributed by atoms with Crippen molar-refractivity contribution < 1.29 is 9.31 Å². The Bertz CT molecular complexity index is 201. The summed E-state index contributed by atoms with van der Waals surface area (Å²) in [7, 11) is 0.0605. The second-order valence-corrected chi connectivity index (χ2v) is 6.50. The van der Waals surface area contributed by atoms with Gasteiger partial charge in [-0.15, -0.1) is 0 Å². The number of rotatable bonds is 10. The highest BCUT2D eigenvalue weighted by Crippen LogP contribution is 2.20. The van der Waals surface area contributed by atoms with Crippen LogP contribution in [-0.2, 0) is 9.31 Å². The van der Waals surface area contributed by atoms with Crippen molar-refractivity contribution in [2.24, 2.45) is 11.8 Å². The first-order valence-electron chi connectivity index (χ1n) is 8.45. The lowest BCUT2D eigenvalue weighted by molar-refractivity contribution is 0.0722. The zero-order valence-electron chi connectivity index (χ0n) is 13.3. The topological polar surface area (TPSA) is 18.5 Å². The third kappa shape index (κ3) is 8.70. The molecular formula is C16H33BO2. The van der Waals surface area contributed by atoms with Crippen molar-refractivity contribution in [2.45, 2.75) is 78.5 Å². The van der Waals surface area contributed by atoms with Crippen molar-refractivity contribution in [3.05, 3.63) is 0 Å². The van der Waals surface area contributed by atoms with Gasteiger partial charge in [0, 0.05) is 19.1 Å². The largest absolute Gasteiger partial charge is 0.457 e. The minimum atomic E-state index is 0.0605. The van der Waals surface area contributed by atoms with Crippen LogP contribution in [0.15, 0.2) is 0 Å². The summed E-state index contributed by atoms with van der Waals surface area (Å²) in [4.78, 5) is 0. The van der Waals surface area contributed by atoms with E-state index in [2.05, 4.69) is 20.8 Å². The maximum absolute atomic E-state index is 5.79. The van der Waals surface area contributed by atoms with Crippen LogP contribution in [0, 0.1) is 11.8 Å². The van der Waals surface area contributed by atoms with E-state index in [1.165, 1.54) is 51.4 Å². The first-order chi connectivity index (χ1) is 9.22. The Balaban J connectivity index is 1.92. The second-order valence-electron chi connectivity index (χ2n) is 6.50. The van der Waals surface area contributed by atoms with Gasteiger partial charge in [0.1, 0.15) is 0 Å². The highest BCUT2D eigenvalue weighted by molar-refractivity contribution is 6.44. The van der Waals surface area contributed by atoms with Crippen LogP contribution in [0.1, 0.15) is 72.1 Å². The molecule has 0 N–H and O–H groups in total. The fourth-order valence-corrected chi connectivity index (χ4v) is 2.66. The molecule has 1 fully saturated rings. The Kier molecular flexibility index (Phi) is 9.63. The summed E-state index contributed by atoms with van der Waals surface area (Å²) in [5.74, 6) is 1.30. The van der Waals surface area contributed by atoms with Gasteiger partial charge in [-0.05, 0) is 18.7 Å². The number of unbranched alkanes of at least 4 members (excludes halogenated alkanes) is 6. The van der Waals surface area contributed by atoms with Crippen molar-refractivity contribution in [1.29, 1.82) is 0 Å². The maximum Gasteiger partial charge on any atom is 0.457 e. The maximum atomic E-state index is 5.79. The first kappa shape index (κ1) is 17.0. The molecule has 0 radical (unpaired) electrons. The molecule has 19 heavy (non-hydrogen) atoms. The zero-order valence-corrected chi connectivity index (χ0v) is 13.3. The van der Waals surface area contributed by atoms with Gasteiger partial charge in [0.05, 0.1) is 0 Å². The second kappa shape index (κ2) is 10.7. The summed E-state index contributed by atoms with van der Waals surface area (Å²) in [6.07, 6.45) is 12.0. The molecule has 1 aliphatic rings. The molecule has 3 heteroatoms. The fourth-order valence-electron chi connectivity index (χ4n) is 2.66. The van der Waals surface area contributed by atoms with E-state index in [1.807, 2.05) is 0 Å². The average Bonchev–Trinajstić information content (AvgIpc) is 2.39. The monoisotopic (exact) mass is 268 g/mol. The van der Waals surface area contributed by atoms with Gasteiger partial charge in [-0.3, -0.25) is 0 Å². The molecule has 0 bridgehead atoms. The molecule has 1 saturated heterocycles. The van der Waals surface area contributed by atoms with Crippen molar-refractivity contribution in [1.82, 2.24) is 0 Å². The third-order valence-electron chi connectivity index (χ3n) is 3.92. The van der Waals surface area contributed by atoms with E-state index in [4.69, 9.17) is 9.31 Å². The minimum absolute atomic E-state index is 0.0605. The van der Waals surface area contributed by atoms with Crippen LogP contribution in [0.4, 0.5) is 0 Å². The van der Waals surface area contributed by atoms with Crippen molar-refractivity contribution in [3.8, 4) is 0 Å². The van der Waals surface area contributed by atoms with Crippen LogP contribution in [0.3, 0.4) is 0 Å². The molecule has 2 nitrogen and oxygen atoms in total. The Labute approximate surface area is 120 Å².